The molecule has 2 saturated heterocycles. The highest BCUT2D eigenvalue weighted by molar-refractivity contribution is 6.34. The Hall–Kier alpha value is -2.32. The monoisotopic (exact) mass is 367 g/mol. The van der Waals surface area contributed by atoms with Gasteiger partial charge < -0.3 is 20.1 Å². The first kappa shape index (κ1) is 17.5. The smallest absolute Gasteiger partial charge is 0.321 e. The van der Waals surface area contributed by atoms with Gasteiger partial charge in [-0.05, 0) is 18.2 Å². The fraction of sp³-hybridized carbons (Fsp3) is 0.438. The Bertz CT molecular complexity index is 711. The molecule has 2 N–H and O–H groups in total. The normalized spacial score (nSPS) is 20.5. The van der Waals surface area contributed by atoms with Crippen LogP contribution in [0.4, 0.5) is 10.5 Å². The number of carbonyl (C=O) groups is 3. The highest BCUT2D eigenvalue weighted by Crippen LogP contribution is 2.26. The second kappa shape index (κ2) is 7.28. The number of amides is 3. The number of anilines is 1. The van der Waals surface area contributed by atoms with Gasteiger partial charge in [-0.1, -0.05) is 11.6 Å². The fourth-order valence-corrected chi connectivity index (χ4v) is 3.15. The van der Waals surface area contributed by atoms with Crippen LogP contribution in [0.5, 0.6) is 0 Å². The Kier molecular flexibility index (Phi) is 5.10. The van der Waals surface area contributed by atoms with Gasteiger partial charge in [-0.15, -0.1) is 0 Å². The zero-order valence-corrected chi connectivity index (χ0v) is 14.2. The number of hydrogen-bond acceptors (Lipinski definition) is 4. The lowest BCUT2D eigenvalue weighted by molar-refractivity contribution is -0.141. The fourth-order valence-electron chi connectivity index (χ4n) is 2.96. The van der Waals surface area contributed by atoms with Gasteiger partial charge in [-0.2, -0.15) is 0 Å². The Morgan fingerprint density at radius 2 is 2.16 bits per heavy atom. The first-order valence-corrected chi connectivity index (χ1v) is 8.31. The molecule has 1 aromatic rings. The van der Waals surface area contributed by atoms with E-state index in [-0.39, 0.29) is 42.1 Å². The molecule has 9 heteroatoms. The van der Waals surface area contributed by atoms with E-state index in [1.807, 2.05) is 0 Å². The summed E-state index contributed by atoms with van der Waals surface area (Å²) in [6.07, 6.45) is -0.701. The van der Waals surface area contributed by atoms with Crippen LogP contribution in [0.25, 0.3) is 0 Å². The van der Waals surface area contributed by atoms with E-state index >= 15 is 0 Å². The molecule has 25 heavy (non-hydrogen) atoms. The van der Waals surface area contributed by atoms with E-state index in [1.165, 1.54) is 4.90 Å². The minimum atomic E-state index is -0.973. The molecule has 0 aliphatic carbocycles. The van der Waals surface area contributed by atoms with Crippen molar-refractivity contribution in [1.82, 2.24) is 10.2 Å². The summed E-state index contributed by atoms with van der Waals surface area (Å²) >= 11 is 6.18. The van der Waals surface area contributed by atoms with E-state index in [4.69, 9.17) is 21.4 Å². The van der Waals surface area contributed by atoms with Gasteiger partial charge in [-0.3, -0.25) is 14.5 Å². The molecule has 8 nitrogen and oxygen atoms in total. The van der Waals surface area contributed by atoms with Crippen LogP contribution >= 0.6 is 11.6 Å². The molecule has 2 heterocycles. The largest absolute Gasteiger partial charge is 0.481 e. The molecular formula is C16H18ClN3O5. The van der Waals surface area contributed by atoms with Crippen molar-refractivity contribution >= 4 is 35.2 Å². The van der Waals surface area contributed by atoms with Gasteiger partial charge in [0.05, 0.1) is 29.7 Å². The van der Waals surface area contributed by atoms with Gasteiger partial charge >= 0.3 is 12.0 Å². The summed E-state index contributed by atoms with van der Waals surface area (Å²) in [5, 5.41) is 11.9. The maximum atomic E-state index is 12.8. The third-order valence-electron chi connectivity index (χ3n) is 4.18. The number of aliphatic carboxylic acids is 1. The Labute approximate surface area is 149 Å². The van der Waals surface area contributed by atoms with Crippen molar-refractivity contribution in [1.29, 1.82) is 0 Å². The summed E-state index contributed by atoms with van der Waals surface area (Å²) in [5.74, 6) is -1.27. The number of morpholine rings is 1. The minimum Gasteiger partial charge on any atom is -0.481 e. The van der Waals surface area contributed by atoms with Gasteiger partial charge in [0.2, 0.25) is 0 Å². The molecular weight excluding hydrogens is 350 g/mol. The molecule has 3 rings (SSSR count). The first-order valence-electron chi connectivity index (χ1n) is 7.93. The predicted molar refractivity (Wildman–Crippen MR) is 90.1 cm³/mol. The van der Waals surface area contributed by atoms with Crippen LogP contribution in [0.1, 0.15) is 16.8 Å². The van der Waals surface area contributed by atoms with Crippen LogP contribution in [-0.2, 0) is 9.53 Å². The van der Waals surface area contributed by atoms with Gasteiger partial charge in [0.25, 0.3) is 5.91 Å². The average molecular weight is 368 g/mol. The SMILES string of the molecule is O=C(O)C[C@@H]1CN(C(=O)c2cc(N3CCNC3=O)ccc2Cl)CCO1. The predicted octanol–water partition coefficient (Wildman–Crippen LogP) is 1.19. The van der Waals surface area contributed by atoms with Crippen molar-refractivity contribution in [3.8, 4) is 0 Å². The van der Waals surface area contributed by atoms with Gasteiger partial charge in [0.15, 0.2) is 0 Å². The summed E-state index contributed by atoms with van der Waals surface area (Å²) in [5.41, 5.74) is 0.882. The summed E-state index contributed by atoms with van der Waals surface area (Å²) in [6, 6.07) is 4.66. The van der Waals surface area contributed by atoms with Crippen molar-refractivity contribution < 1.29 is 24.2 Å². The molecule has 0 radical (unpaired) electrons. The van der Waals surface area contributed by atoms with Crippen molar-refractivity contribution in [2.45, 2.75) is 12.5 Å². The van der Waals surface area contributed by atoms with E-state index in [9.17, 15) is 14.4 Å². The van der Waals surface area contributed by atoms with Crippen LogP contribution in [0.2, 0.25) is 5.02 Å². The van der Waals surface area contributed by atoms with Gasteiger partial charge in [0.1, 0.15) is 0 Å². The molecule has 3 amide bonds. The summed E-state index contributed by atoms with van der Waals surface area (Å²) in [6.45, 7) is 1.89. The highest BCUT2D eigenvalue weighted by atomic mass is 35.5. The Balaban J connectivity index is 1.79. The lowest BCUT2D eigenvalue weighted by atomic mass is 10.1. The topological polar surface area (TPSA) is 99.2 Å². The highest BCUT2D eigenvalue weighted by Gasteiger charge is 2.29. The molecule has 1 atom stereocenters. The molecule has 134 valence electrons. The van der Waals surface area contributed by atoms with Crippen LogP contribution in [0.15, 0.2) is 18.2 Å². The number of carbonyl (C=O) groups excluding carboxylic acids is 2. The standard InChI is InChI=1S/C16H18ClN3O5/c17-13-2-1-10(20-4-3-18-16(20)24)7-12(13)15(23)19-5-6-25-11(9-19)8-14(21)22/h1-2,7,11H,3-6,8-9H2,(H,18,24)(H,21,22)/t11-/m1/s1. The molecule has 1 aromatic carbocycles. The number of ether oxygens (including phenoxy) is 1. The Morgan fingerprint density at radius 1 is 1.36 bits per heavy atom. The number of carboxylic acid groups (broad SMARTS) is 1. The number of halogens is 1. The molecule has 2 aliphatic heterocycles. The van der Waals surface area contributed by atoms with Crippen LogP contribution in [0.3, 0.4) is 0 Å². The average Bonchev–Trinajstić information content (AvgIpc) is 3.00. The summed E-state index contributed by atoms with van der Waals surface area (Å²) in [4.78, 5) is 38.5. The molecule has 0 spiro atoms. The van der Waals surface area contributed by atoms with Crippen molar-refractivity contribution in [2.24, 2.45) is 0 Å². The van der Waals surface area contributed by atoms with Crippen molar-refractivity contribution in [3.63, 3.8) is 0 Å². The lowest BCUT2D eigenvalue weighted by Gasteiger charge is -2.32. The number of hydrogen-bond donors (Lipinski definition) is 2. The third-order valence-corrected chi connectivity index (χ3v) is 4.51. The number of urea groups is 1. The van der Waals surface area contributed by atoms with E-state index in [0.717, 1.165) is 0 Å². The van der Waals surface area contributed by atoms with Crippen molar-refractivity contribution in [3.05, 3.63) is 28.8 Å². The maximum absolute atomic E-state index is 12.8. The van der Waals surface area contributed by atoms with Crippen LogP contribution in [0, 0.1) is 0 Å². The third kappa shape index (κ3) is 3.85. The van der Waals surface area contributed by atoms with E-state index < -0.39 is 12.1 Å². The molecule has 0 saturated carbocycles. The van der Waals surface area contributed by atoms with E-state index in [0.29, 0.717) is 25.3 Å². The second-order valence-electron chi connectivity index (χ2n) is 5.89. The second-order valence-corrected chi connectivity index (χ2v) is 6.30. The van der Waals surface area contributed by atoms with Crippen molar-refractivity contribution in [2.75, 3.05) is 37.7 Å². The molecule has 2 fully saturated rings. The summed E-state index contributed by atoms with van der Waals surface area (Å²) in [7, 11) is 0. The molecule has 2 aliphatic rings. The maximum Gasteiger partial charge on any atom is 0.321 e. The lowest BCUT2D eigenvalue weighted by Crippen LogP contribution is -2.46. The molecule has 0 aromatic heterocycles. The van der Waals surface area contributed by atoms with Crippen LogP contribution in [-0.4, -0.2) is 66.8 Å². The molecule has 0 unspecified atom stereocenters. The first-order chi connectivity index (χ1) is 12.0. The van der Waals surface area contributed by atoms with Gasteiger partial charge in [-0.25, -0.2) is 4.79 Å². The number of rotatable bonds is 4. The number of nitrogens with zero attached hydrogens (tertiary/aromatic N) is 2. The van der Waals surface area contributed by atoms with E-state index in [1.54, 1.807) is 23.1 Å². The number of carboxylic acids is 1. The summed E-state index contributed by atoms with van der Waals surface area (Å²) < 4.78 is 5.39. The van der Waals surface area contributed by atoms with Crippen LogP contribution < -0.4 is 10.2 Å². The van der Waals surface area contributed by atoms with E-state index in [2.05, 4.69) is 5.32 Å². The Morgan fingerprint density at radius 3 is 2.84 bits per heavy atom. The number of nitrogens with one attached hydrogen (secondary N) is 1. The quantitative estimate of drug-likeness (QED) is 0.832. The zero-order valence-electron chi connectivity index (χ0n) is 13.4. The zero-order chi connectivity index (χ0) is 18.0. The number of benzene rings is 1. The molecule has 0 bridgehead atoms. The minimum absolute atomic E-state index is 0.161. The van der Waals surface area contributed by atoms with Gasteiger partial charge in [0, 0.05) is 31.9 Å².